The number of aromatic nitrogens is 2. The summed E-state index contributed by atoms with van der Waals surface area (Å²) in [5, 5.41) is 10.1. The summed E-state index contributed by atoms with van der Waals surface area (Å²) in [6.07, 6.45) is 6.72. The molecular weight excluding hydrogens is 326 g/mol. The van der Waals surface area contributed by atoms with Crippen molar-refractivity contribution in [3.63, 3.8) is 0 Å². The molecule has 0 amide bonds. The van der Waals surface area contributed by atoms with E-state index in [2.05, 4.69) is 9.88 Å². The van der Waals surface area contributed by atoms with Crippen LogP contribution in [0.2, 0.25) is 0 Å². The van der Waals surface area contributed by atoms with Gasteiger partial charge >= 0.3 is 0 Å². The van der Waals surface area contributed by atoms with Crippen LogP contribution in [0, 0.1) is 6.92 Å². The monoisotopic (exact) mass is 353 g/mol. The predicted octanol–water partition coefficient (Wildman–Crippen LogP) is 3.39. The molecule has 1 saturated carbocycles. The first kappa shape index (κ1) is 17.3. The molecule has 5 nitrogen and oxygen atoms in total. The molecule has 2 N–H and O–H groups in total. The van der Waals surface area contributed by atoms with Gasteiger partial charge in [0.2, 0.25) is 0 Å². The van der Waals surface area contributed by atoms with Gasteiger partial charge in [-0.25, -0.2) is 4.98 Å². The molecule has 0 unspecified atom stereocenters. The fraction of sp³-hybridized carbons (Fsp3) is 0.524. The van der Waals surface area contributed by atoms with E-state index in [0.717, 1.165) is 54.0 Å². The van der Waals surface area contributed by atoms with E-state index in [1.54, 1.807) is 6.07 Å². The van der Waals surface area contributed by atoms with Gasteiger partial charge in [-0.3, -0.25) is 9.69 Å². The lowest BCUT2D eigenvalue weighted by Gasteiger charge is -2.29. The minimum Gasteiger partial charge on any atom is -0.508 e. The molecule has 0 atom stereocenters. The Labute approximate surface area is 154 Å². The summed E-state index contributed by atoms with van der Waals surface area (Å²) in [5.41, 5.74) is 3.89. The molecule has 1 aromatic carbocycles. The summed E-state index contributed by atoms with van der Waals surface area (Å²) >= 11 is 0. The molecule has 1 aromatic heterocycles. The van der Waals surface area contributed by atoms with Crippen molar-refractivity contribution in [3.8, 4) is 5.75 Å². The van der Waals surface area contributed by atoms with Crippen LogP contribution in [0.15, 0.2) is 23.0 Å². The minimum absolute atomic E-state index is 0.0497. The molecule has 138 valence electrons. The normalized spacial score (nSPS) is 18.7. The molecule has 2 aromatic rings. The summed E-state index contributed by atoms with van der Waals surface area (Å²) in [4.78, 5) is 22.7. The van der Waals surface area contributed by atoms with Crippen molar-refractivity contribution in [2.24, 2.45) is 0 Å². The molecule has 0 saturated heterocycles. The van der Waals surface area contributed by atoms with E-state index in [1.165, 1.54) is 19.3 Å². The van der Waals surface area contributed by atoms with Crippen LogP contribution >= 0.6 is 0 Å². The zero-order valence-corrected chi connectivity index (χ0v) is 15.4. The Bertz CT molecular complexity index is 853. The Balaban J connectivity index is 1.56. The van der Waals surface area contributed by atoms with Gasteiger partial charge in [-0.2, -0.15) is 0 Å². The number of phenols is 1. The molecule has 4 rings (SSSR count). The molecule has 26 heavy (non-hydrogen) atoms. The summed E-state index contributed by atoms with van der Waals surface area (Å²) < 4.78 is 0. The summed E-state index contributed by atoms with van der Waals surface area (Å²) in [7, 11) is 0. The second-order valence-corrected chi connectivity index (χ2v) is 7.80. The number of H-pyrrole nitrogens is 1. The highest BCUT2D eigenvalue weighted by molar-refractivity contribution is 5.36. The van der Waals surface area contributed by atoms with Gasteiger partial charge in [0.1, 0.15) is 11.6 Å². The lowest BCUT2D eigenvalue weighted by atomic mass is 9.88. The number of aryl methyl sites for hydroxylation is 1. The molecule has 5 heteroatoms. The zero-order valence-electron chi connectivity index (χ0n) is 15.4. The molecule has 1 aliphatic carbocycles. The maximum atomic E-state index is 12.5. The standard InChI is InChI=1S/C21H27N3O2/c1-14-7-8-19(25)16(11-14)12-24-10-9-17-18(13-24)22-20(23-21(17)26)15-5-3-2-4-6-15/h7-8,11,15,25H,2-6,9-10,12-13H2,1H3,(H,22,23,26). The van der Waals surface area contributed by atoms with Crippen LogP contribution in [0.5, 0.6) is 5.75 Å². The second-order valence-electron chi connectivity index (χ2n) is 7.80. The number of hydrogen-bond acceptors (Lipinski definition) is 4. The van der Waals surface area contributed by atoms with Crippen LogP contribution < -0.4 is 5.56 Å². The topological polar surface area (TPSA) is 69.2 Å². The fourth-order valence-corrected chi connectivity index (χ4v) is 4.30. The maximum Gasteiger partial charge on any atom is 0.254 e. The van der Waals surface area contributed by atoms with Gasteiger partial charge in [-0.1, -0.05) is 37.0 Å². The number of benzene rings is 1. The number of phenolic OH excluding ortho intramolecular Hbond substituents is 1. The van der Waals surface area contributed by atoms with Crippen molar-refractivity contribution in [1.82, 2.24) is 14.9 Å². The number of hydrogen-bond donors (Lipinski definition) is 2. The highest BCUT2D eigenvalue weighted by Crippen LogP contribution is 2.31. The van der Waals surface area contributed by atoms with Gasteiger partial charge in [0.15, 0.2) is 0 Å². The molecule has 0 spiro atoms. The average molecular weight is 353 g/mol. The number of aromatic amines is 1. The van der Waals surface area contributed by atoms with Gasteiger partial charge in [0.25, 0.3) is 5.56 Å². The summed E-state index contributed by atoms with van der Waals surface area (Å²) in [6.45, 7) is 4.20. The maximum absolute atomic E-state index is 12.5. The van der Waals surface area contributed by atoms with E-state index < -0.39 is 0 Å². The van der Waals surface area contributed by atoms with Crippen molar-refractivity contribution >= 4 is 0 Å². The molecule has 0 bridgehead atoms. The largest absolute Gasteiger partial charge is 0.508 e. The Kier molecular flexibility index (Phi) is 4.81. The van der Waals surface area contributed by atoms with E-state index >= 15 is 0 Å². The Morgan fingerprint density at radius 1 is 1.27 bits per heavy atom. The van der Waals surface area contributed by atoms with E-state index in [9.17, 15) is 9.90 Å². The van der Waals surface area contributed by atoms with Gasteiger partial charge in [-0.05, 0) is 32.3 Å². The first-order valence-electron chi connectivity index (χ1n) is 9.73. The van der Waals surface area contributed by atoms with Gasteiger partial charge < -0.3 is 10.1 Å². The lowest BCUT2D eigenvalue weighted by Crippen LogP contribution is -2.35. The Morgan fingerprint density at radius 2 is 2.08 bits per heavy atom. The second kappa shape index (κ2) is 7.23. The van der Waals surface area contributed by atoms with E-state index in [1.807, 2.05) is 19.1 Å². The van der Waals surface area contributed by atoms with E-state index in [-0.39, 0.29) is 5.56 Å². The van der Waals surface area contributed by atoms with E-state index in [4.69, 9.17) is 4.98 Å². The number of aromatic hydroxyl groups is 1. The molecule has 0 radical (unpaired) electrons. The Hall–Kier alpha value is -2.14. The summed E-state index contributed by atoms with van der Waals surface area (Å²) in [5.74, 6) is 1.62. The summed E-state index contributed by atoms with van der Waals surface area (Å²) in [6, 6.07) is 5.71. The highest BCUT2D eigenvalue weighted by atomic mass is 16.3. The van der Waals surface area contributed by atoms with Crippen molar-refractivity contribution in [3.05, 3.63) is 56.8 Å². The van der Waals surface area contributed by atoms with Gasteiger partial charge in [0.05, 0.1) is 5.69 Å². The van der Waals surface area contributed by atoms with Crippen molar-refractivity contribution in [1.29, 1.82) is 0 Å². The smallest absolute Gasteiger partial charge is 0.254 e. The number of nitrogens with zero attached hydrogens (tertiary/aromatic N) is 2. The third kappa shape index (κ3) is 3.54. The lowest BCUT2D eigenvalue weighted by molar-refractivity contribution is 0.236. The van der Waals surface area contributed by atoms with Gasteiger partial charge in [0, 0.05) is 36.7 Å². The number of nitrogens with one attached hydrogen (secondary N) is 1. The van der Waals surface area contributed by atoms with Crippen LogP contribution in [-0.4, -0.2) is 26.5 Å². The molecule has 2 aliphatic rings. The highest BCUT2D eigenvalue weighted by Gasteiger charge is 2.24. The van der Waals surface area contributed by atoms with Gasteiger partial charge in [-0.15, -0.1) is 0 Å². The molecule has 1 fully saturated rings. The minimum atomic E-state index is 0.0497. The van der Waals surface area contributed by atoms with Crippen LogP contribution in [0.25, 0.3) is 0 Å². The Morgan fingerprint density at radius 3 is 2.88 bits per heavy atom. The third-order valence-corrected chi connectivity index (χ3v) is 5.79. The number of rotatable bonds is 3. The first-order valence-corrected chi connectivity index (χ1v) is 9.73. The third-order valence-electron chi connectivity index (χ3n) is 5.79. The SMILES string of the molecule is Cc1ccc(O)c(CN2CCc3c(nc(C4CCCCC4)[nH]c3=O)C2)c1. The molecule has 1 aliphatic heterocycles. The van der Waals surface area contributed by atoms with Crippen molar-refractivity contribution in [2.75, 3.05) is 6.54 Å². The van der Waals surface area contributed by atoms with Crippen LogP contribution in [0.4, 0.5) is 0 Å². The van der Waals surface area contributed by atoms with Crippen LogP contribution in [-0.2, 0) is 19.5 Å². The van der Waals surface area contributed by atoms with Crippen molar-refractivity contribution < 1.29 is 5.11 Å². The number of fused-ring (bicyclic) bond motifs is 1. The average Bonchev–Trinajstić information content (AvgIpc) is 2.65. The molecular formula is C21H27N3O2. The zero-order chi connectivity index (χ0) is 18.1. The van der Waals surface area contributed by atoms with Crippen LogP contribution in [0.3, 0.4) is 0 Å². The first-order chi connectivity index (χ1) is 12.6. The van der Waals surface area contributed by atoms with Crippen LogP contribution in [0.1, 0.15) is 66.2 Å². The fourth-order valence-electron chi connectivity index (χ4n) is 4.30. The molecule has 2 heterocycles. The van der Waals surface area contributed by atoms with E-state index in [0.29, 0.717) is 24.8 Å². The predicted molar refractivity (Wildman–Crippen MR) is 101 cm³/mol. The van der Waals surface area contributed by atoms with Crippen molar-refractivity contribution in [2.45, 2.75) is 64.5 Å². The quantitative estimate of drug-likeness (QED) is 0.887.